The van der Waals surface area contributed by atoms with Crippen LogP contribution in [0.4, 0.5) is 9.70 Å². The second kappa shape index (κ2) is 4.92. The van der Waals surface area contributed by atoms with E-state index in [1.54, 1.807) is 0 Å². The van der Waals surface area contributed by atoms with Crippen LogP contribution in [0.15, 0.2) is 0 Å². The molecule has 1 N–H and O–H groups in total. The van der Waals surface area contributed by atoms with Crippen molar-refractivity contribution < 1.29 is 17.1 Å². The molecule has 1 aromatic rings. The summed E-state index contributed by atoms with van der Waals surface area (Å²) >= 11 is 0. The second-order valence-electron chi connectivity index (χ2n) is 4.78. The van der Waals surface area contributed by atoms with Crippen LogP contribution >= 0.6 is 0 Å². The third-order valence-electron chi connectivity index (χ3n) is 3.33. The first kappa shape index (κ1) is 14.0. The number of amides is 1. The number of carbonyl (C=O) groups excluding carboxylic acids is 1. The zero-order chi connectivity index (χ0) is 14.2. The van der Waals surface area contributed by atoms with E-state index in [4.69, 9.17) is 0 Å². The number of aryl methyl sites for hydroxylation is 1. The maximum Gasteiger partial charge on any atom is 0.302 e. The van der Waals surface area contributed by atoms with E-state index in [2.05, 4.69) is 10.2 Å². The topological polar surface area (TPSA) is 83.1 Å². The van der Waals surface area contributed by atoms with Gasteiger partial charge in [-0.3, -0.25) is 14.8 Å². The lowest BCUT2D eigenvalue weighted by Crippen LogP contribution is -2.26. The van der Waals surface area contributed by atoms with Gasteiger partial charge in [-0.15, -0.1) is 3.89 Å². The second-order valence-corrected chi connectivity index (χ2v) is 6.20. The van der Waals surface area contributed by atoms with Crippen molar-refractivity contribution in [2.45, 2.75) is 26.7 Å². The Hall–Kier alpha value is -1.44. The molecule has 6 nitrogen and oxygen atoms in total. The molecule has 2 heterocycles. The summed E-state index contributed by atoms with van der Waals surface area (Å²) in [4.78, 5) is 13.3. The Labute approximate surface area is 111 Å². The molecular weight excluding hydrogens is 273 g/mol. The number of hydrogen-bond acceptors (Lipinski definition) is 4. The quantitative estimate of drug-likeness (QED) is 0.836. The first-order valence-corrected chi connectivity index (χ1v) is 7.63. The van der Waals surface area contributed by atoms with Gasteiger partial charge in [0.15, 0.2) is 5.82 Å². The van der Waals surface area contributed by atoms with Crippen molar-refractivity contribution in [1.29, 1.82) is 0 Å². The smallest absolute Gasteiger partial charge is 0.295 e. The van der Waals surface area contributed by atoms with E-state index in [9.17, 15) is 17.1 Å². The summed E-state index contributed by atoms with van der Waals surface area (Å²) in [6.45, 7) is 4.01. The Bertz CT molecular complexity index is 596. The summed E-state index contributed by atoms with van der Waals surface area (Å²) in [7, 11) is -4.55. The fraction of sp³-hybridized carbons (Fsp3) is 0.636. The molecule has 1 fully saturated rings. The van der Waals surface area contributed by atoms with E-state index in [-0.39, 0.29) is 18.9 Å². The van der Waals surface area contributed by atoms with Crippen molar-refractivity contribution in [3.8, 4) is 0 Å². The number of aromatic nitrogens is 2. The number of H-pyrrole nitrogens is 1. The number of anilines is 1. The highest BCUT2D eigenvalue weighted by molar-refractivity contribution is 7.86. The van der Waals surface area contributed by atoms with Crippen LogP contribution in [0.3, 0.4) is 0 Å². The number of aromatic amines is 1. The van der Waals surface area contributed by atoms with Gasteiger partial charge in [0.1, 0.15) is 0 Å². The summed E-state index contributed by atoms with van der Waals surface area (Å²) < 4.78 is 33.9. The Morgan fingerprint density at radius 2 is 2.21 bits per heavy atom. The normalized spacial score (nSPS) is 20.3. The third-order valence-corrected chi connectivity index (χ3v) is 4.20. The van der Waals surface area contributed by atoms with Crippen LogP contribution in [0, 0.1) is 12.8 Å². The highest BCUT2D eigenvalue weighted by Gasteiger charge is 2.35. The van der Waals surface area contributed by atoms with E-state index < -0.39 is 21.9 Å². The first-order valence-electron chi connectivity index (χ1n) is 6.08. The van der Waals surface area contributed by atoms with Gasteiger partial charge in [-0.05, 0) is 13.3 Å². The molecule has 0 radical (unpaired) electrons. The maximum atomic E-state index is 12.7. The minimum absolute atomic E-state index is 0.0386. The van der Waals surface area contributed by atoms with Crippen molar-refractivity contribution in [3.63, 3.8) is 0 Å². The molecular formula is C11H16FN3O3S. The molecule has 1 aliphatic rings. The fourth-order valence-corrected chi connectivity index (χ4v) is 3.20. The van der Waals surface area contributed by atoms with Gasteiger partial charge in [-0.25, -0.2) is 0 Å². The molecule has 8 heteroatoms. The van der Waals surface area contributed by atoms with Crippen LogP contribution in [-0.2, 0) is 21.4 Å². The van der Waals surface area contributed by atoms with Gasteiger partial charge in [0.05, 0.1) is 5.75 Å². The number of nitrogens with one attached hydrogen (secondary N) is 1. The first-order chi connectivity index (χ1) is 8.81. The lowest BCUT2D eigenvalue weighted by molar-refractivity contribution is -0.117. The van der Waals surface area contributed by atoms with Gasteiger partial charge >= 0.3 is 10.2 Å². The number of carbonyl (C=O) groups is 1. The summed E-state index contributed by atoms with van der Waals surface area (Å²) in [5.74, 6) is -0.825. The van der Waals surface area contributed by atoms with Crippen molar-refractivity contribution in [1.82, 2.24) is 10.2 Å². The largest absolute Gasteiger partial charge is 0.302 e. The molecule has 19 heavy (non-hydrogen) atoms. The highest BCUT2D eigenvalue weighted by atomic mass is 32.3. The van der Waals surface area contributed by atoms with E-state index in [0.717, 1.165) is 17.7 Å². The van der Waals surface area contributed by atoms with Gasteiger partial charge < -0.3 is 0 Å². The fourth-order valence-electron chi connectivity index (χ4n) is 2.41. The molecule has 0 aliphatic carbocycles. The minimum Gasteiger partial charge on any atom is -0.295 e. The molecule has 0 saturated carbocycles. The van der Waals surface area contributed by atoms with Crippen molar-refractivity contribution in [2.24, 2.45) is 5.92 Å². The molecule has 1 aromatic heterocycles. The Morgan fingerprint density at radius 1 is 1.53 bits per heavy atom. The Kier molecular flexibility index (Phi) is 3.62. The predicted octanol–water partition coefficient (Wildman–Crippen LogP) is 0.933. The standard InChI is InChI=1S/C11H16FN3O3S/c1-3-9-7(2)11(14-13-9)15-5-8(4-10(15)16)6-19(12,17)18/h8H,3-6H2,1-2H3,(H,13,14). The summed E-state index contributed by atoms with van der Waals surface area (Å²) in [6, 6.07) is 0. The molecule has 1 amide bonds. The number of halogens is 1. The number of rotatable bonds is 4. The van der Waals surface area contributed by atoms with E-state index >= 15 is 0 Å². The molecule has 1 saturated heterocycles. The number of hydrogen-bond donors (Lipinski definition) is 1. The van der Waals surface area contributed by atoms with Crippen LogP contribution in [0.25, 0.3) is 0 Å². The maximum absolute atomic E-state index is 12.7. The zero-order valence-electron chi connectivity index (χ0n) is 10.8. The van der Waals surface area contributed by atoms with Crippen molar-refractivity contribution in [3.05, 3.63) is 11.3 Å². The Balaban J connectivity index is 2.18. The predicted molar refractivity (Wildman–Crippen MR) is 68.1 cm³/mol. The molecule has 0 bridgehead atoms. The van der Waals surface area contributed by atoms with Gasteiger partial charge in [0.25, 0.3) is 0 Å². The molecule has 0 aromatic carbocycles. The summed E-state index contributed by atoms with van der Waals surface area (Å²) in [6.07, 6.45) is 0.806. The molecule has 1 unspecified atom stereocenters. The lowest BCUT2D eigenvalue weighted by Gasteiger charge is -2.14. The van der Waals surface area contributed by atoms with E-state index in [0.29, 0.717) is 5.82 Å². The summed E-state index contributed by atoms with van der Waals surface area (Å²) in [5.41, 5.74) is 1.81. The molecule has 1 atom stereocenters. The van der Waals surface area contributed by atoms with Gasteiger partial charge in [-0.1, -0.05) is 6.92 Å². The van der Waals surface area contributed by atoms with Crippen LogP contribution in [0.2, 0.25) is 0 Å². The molecule has 1 aliphatic heterocycles. The zero-order valence-corrected chi connectivity index (χ0v) is 11.6. The lowest BCUT2D eigenvalue weighted by atomic mass is 10.1. The molecule has 2 rings (SSSR count). The van der Waals surface area contributed by atoms with Crippen molar-refractivity contribution in [2.75, 3.05) is 17.2 Å². The minimum atomic E-state index is -4.55. The monoisotopic (exact) mass is 289 g/mol. The van der Waals surface area contributed by atoms with Crippen LogP contribution in [0.5, 0.6) is 0 Å². The van der Waals surface area contributed by atoms with Crippen molar-refractivity contribution >= 4 is 21.9 Å². The van der Waals surface area contributed by atoms with Gasteiger partial charge in [0, 0.05) is 30.1 Å². The Morgan fingerprint density at radius 3 is 2.74 bits per heavy atom. The van der Waals surface area contributed by atoms with Gasteiger partial charge in [0.2, 0.25) is 5.91 Å². The van der Waals surface area contributed by atoms with E-state index in [1.807, 2.05) is 13.8 Å². The molecule has 0 spiro atoms. The average molecular weight is 289 g/mol. The van der Waals surface area contributed by atoms with Crippen LogP contribution in [-0.4, -0.2) is 36.8 Å². The highest BCUT2D eigenvalue weighted by Crippen LogP contribution is 2.28. The van der Waals surface area contributed by atoms with Crippen LogP contribution in [0.1, 0.15) is 24.6 Å². The number of nitrogens with zero attached hydrogens (tertiary/aromatic N) is 2. The van der Waals surface area contributed by atoms with Crippen LogP contribution < -0.4 is 4.90 Å². The summed E-state index contributed by atoms with van der Waals surface area (Å²) in [5, 5.41) is 6.93. The third kappa shape index (κ3) is 2.94. The van der Waals surface area contributed by atoms with Gasteiger partial charge in [-0.2, -0.15) is 13.5 Å². The SMILES string of the molecule is CCc1[nH]nc(N2CC(CS(=O)(=O)F)CC2=O)c1C. The average Bonchev–Trinajstić information content (AvgIpc) is 2.79. The molecule has 106 valence electrons. The van der Waals surface area contributed by atoms with E-state index in [1.165, 1.54) is 4.90 Å².